The summed E-state index contributed by atoms with van der Waals surface area (Å²) in [7, 11) is 0. The highest BCUT2D eigenvalue weighted by molar-refractivity contribution is 6.14. The molecule has 4 heteroatoms. The van der Waals surface area contributed by atoms with Crippen molar-refractivity contribution in [1.29, 1.82) is 0 Å². The summed E-state index contributed by atoms with van der Waals surface area (Å²) in [5.74, 6) is 0. The Hall–Kier alpha value is -8.73. The highest BCUT2D eigenvalue weighted by atomic mass is 15.2. The van der Waals surface area contributed by atoms with Crippen LogP contribution < -0.4 is 4.90 Å². The van der Waals surface area contributed by atoms with Gasteiger partial charge in [-0.15, -0.1) is 0 Å². The maximum absolute atomic E-state index is 5.47. The second kappa shape index (κ2) is 14.1. The predicted octanol–water partition coefficient (Wildman–Crippen LogP) is 15.6. The second-order valence-corrected chi connectivity index (χ2v) is 17.5. The number of hydrogen-bond donors (Lipinski definition) is 0. The van der Waals surface area contributed by atoms with Crippen LogP contribution >= 0.6 is 0 Å². The van der Waals surface area contributed by atoms with E-state index in [0.717, 1.165) is 77.6 Å². The number of aromatic nitrogens is 3. The SMILES string of the molecule is c1ccc(-c2ccc3ccc4ccc(-c5ccc6c(c5)-c5cc7c(-c8ccccc8)nc8ccccc8c7cc5C65c6ccccc6N(c6ccccc6)c6ccccc65)nc4c3n2)cc1. The summed E-state index contributed by atoms with van der Waals surface area (Å²) in [5.41, 5.74) is 19.1. The monoisotopic (exact) mass is 838 g/mol. The van der Waals surface area contributed by atoms with E-state index >= 15 is 0 Å². The molecule has 9 aromatic carbocycles. The highest BCUT2D eigenvalue weighted by Gasteiger charge is 2.52. The predicted molar refractivity (Wildman–Crippen MR) is 272 cm³/mol. The van der Waals surface area contributed by atoms with Crippen molar-refractivity contribution in [3.63, 3.8) is 0 Å². The number of pyridine rings is 3. The summed E-state index contributed by atoms with van der Waals surface area (Å²) in [6, 6.07) is 83.4. The van der Waals surface area contributed by atoms with Crippen LogP contribution in [0, 0.1) is 0 Å². The first kappa shape index (κ1) is 36.7. The molecule has 66 heavy (non-hydrogen) atoms. The molecule has 0 saturated heterocycles. The topological polar surface area (TPSA) is 41.9 Å². The minimum Gasteiger partial charge on any atom is -0.310 e. The number of rotatable bonds is 4. The molecule has 0 bridgehead atoms. The molecule has 2 aliphatic rings. The lowest BCUT2D eigenvalue weighted by Gasteiger charge is -2.45. The van der Waals surface area contributed by atoms with Gasteiger partial charge in [0, 0.05) is 43.9 Å². The number of benzene rings is 9. The summed E-state index contributed by atoms with van der Waals surface area (Å²) >= 11 is 0. The molecule has 12 aromatic rings. The molecule has 0 unspecified atom stereocenters. The van der Waals surface area contributed by atoms with Gasteiger partial charge in [-0.3, -0.25) is 0 Å². The molecule has 0 saturated carbocycles. The molecule has 1 spiro atoms. The Morgan fingerprint density at radius 2 is 0.879 bits per heavy atom. The zero-order valence-electron chi connectivity index (χ0n) is 35.7. The molecule has 0 atom stereocenters. The Kier molecular flexibility index (Phi) is 7.87. The van der Waals surface area contributed by atoms with Crippen LogP contribution in [0.3, 0.4) is 0 Å². The summed E-state index contributed by atoms with van der Waals surface area (Å²) < 4.78 is 0. The Morgan fingerprint density at radius 1 is 0.333 bits per heavy atom. The fourth-order valence-corrected chi connectivity index (χ4v) is 11.1. The van der Waals surface area contributed by atoms with Crippen LogP contribution in [0.25, 0.3) is 88.4 Å². The van der Waals surface area contributed by atoms with Crippen molar-refractivity contribution in [3.8, 4) is 44.9 Å². The standard InChI is InChI=1S/C62H38N4/c1-4-16-39(17-5-1)54-34-31-41-28-29-42-32-35-55(64-61(42)60(41)63-54)43-30-33-50-47(36-43)48-37-49-46(45-22-10-13-25-56(45)65-59(49)40-18-6-2-7-19-40)38-53(48)62(50)51-23-11-14-26-57(51)66(44-20-8-3-9-21-44)58-27-15-12-24-52(58)62/h1-38H. The van der Waals surface area contributed by atoms with Crippen LogP contribution in [0.5, 0.6) is 0 Å². The molecule has 3 aromatic heterocycles. The van der Waals surface area contributed by atoms with Crippen LogP contribution in [0.1, 0.15) is 22.3 Å². The van der Waals surface area contributed by atoms with Gasteiger partial charge >= 0.3 is 0 Å². The van der Waals surface area contributed by atoms with E-state index in [4.69, 9.17) is 15.0 Å². The molecule has 4 heterocycles. The van der Waals surface area contributed by atoms with Crippen molar-refractivity contribution in [2.24, 2.45) is 0 Å². The van der Waals surface area contributed by atoms with Gasteiger partial charge in [-0.25, -0.2) is 15.0 Å². The average molecular weight is 839 g/mol. The molecule has 1 aliphatic carbocycles. The molecule has 0 N–H and O–H groups in total. The Morgan fingerprint density at radius 3 is 1.56 bits per heavy atom. The third kappa shape index (κ3) is 5.24. The van der Waals surface area contributed by atoms with E-state index < -0.39 is 5.41 Å². The Bertz CT molecular complexity index is 3890. The average Bonchev–Trinajstić information content (AvgIpc) is 3.67. The summed E-state index contributed by atoms with van der Waals surface area (Å²) in [6.07, 6.45) is 0. The van der Waals surface area contributed by atoms with Gasteiger partial charge < -0.3 is 4.90 Å². The highest BCUT2D eigenvalue weighted by Crippen LogP contribution is 2.64. The van der Waals surface area contributed by atoms with Crippen molar-refractivity contribution in [1.82, 2.24) is 15.0 Å². The van der Waals surface area contributed by atoms with E-state index in [9.17, 15) is 0 Å². The second-order valence-electron chi connectivity index (χ2n) is 17.5. The number of nitrogens with zero attached hydrogens (tertiary/aromatic N) is 4. The van der Waals surface area contributed by atoms with E-state index in [1.54, 1.807) is 0 Å². The van der Waals surface area contributed by atoms with E-state index in [0.29, 0.717) is 0 Å². The van der Waals surface area contributed by atoms with Crippen molar-refractivity contribution < 1.29 is 0 Å². The smallest absolute Gasteiger partial charge is 0.0972 e. The molecular weight excluding hydrogens is 801 g/mol. The number of para-hydroxylation sites is 4. The lowest BCUT2D eigenvalue weighted by atomic mass is 9.64. The summed E-state index contributed by atoms with van der Waals surface area (Å²) in [5, 5.41) is 5.59. The van der Waals surface area contributed by atoms with E-state index in [1.807, 2.05) is 6.07 Å². The van der Waals surface area contributed by atoms with Gasteiger partial charge in [-0.1, -0.05) is 170 Å². The van der Waals surface area contributed by atoms with Gasteiger partial charge in [0.2, 0.25) is 0 Å². The van der Waals surface area contributed by atoms with Gasteiger partial charge in [-0.2, -0.15) is 0 Å². The zero-order chi connectivity index (χ0) is 43.3. The van der Waals surface area contributed by atoms with Crippen LogP contribution in [0.15, 0.2) is 231 Å². The van der Waals surface area contributed by atoms with E-state index in [2.05, 4.69) is 229 Å². The van der Waals surface area contributed by atoms with Gasteiger partial charge in [-0.05, 0) is 99.4 Å². The third-order valence-electron chi connectivity index (χ3n) is 14.0. The lowest BCUT2D eigenvalue weighted by molar-refractivity contribution is 0.754. The van der Waals surface area contributed by atoms with E-state index in [-0.39, 0.29) is 0 Å². The molecule has 0 amide bonds. The third-order valence-corrected chi connectivity index (χ3v) is 14.0. The molecule has 1 aliphatic heterocycles. The van der Waals surface area contributed by atoms with E-state index in [1.165, 1.54) is 50.1 Å². The van der Waals surface area contributed by atoms with Crippen LogP contribution in [-0.2, 0) is 5.41 Å². The van der Waals surface area contributed by atoms with Crippen molar-refractivity contribution in [2.45, 2.75) is 5.41 Å². The summed E-state index contributed by atoms with van der Waals surface area (Å²) in [6.45, 7) is 0. The van der Waals surface area contributed by atoms with Crippen molar-refractivity contribution in [2.75, 3.05) is 4.90 Å². The van der Waals surface area contributed by atoms with Crippen LogP contribution in [-0.4, -0.2) is 15.0 Å². The minimum absolute atomic E-state index is 0.641. The van der Waals surface area contributed by atoms with Gasteiger partial charge in [0.05, 0.1) is 50.4 Å². The first-order valence-electron chi connectivity index (χ1n) is 22.6. The fourth-order valence-electron chi connectivity index (χ4n) is 11.1. The molecular formula is C62H38N4. The molecule has 14 rings (SSSR count). The first-order chi connectivity index (χ1) is 32.7. The quantitative estimate of drug-likeness (QED) is 0.166. The molecule has 0 radical (unpaired) electrons. The largest absolute Gasteiger partial charge is 0.310 e. The normalized spacial score (nSPS) is 13.2. The van der Waals surface area contributed by atoms with Crippen molar-refractivity contribution >= 4 is 60.5 Å². The maximum atomic E-state index is 5.47. The molecule has 306 valence electrons. The maximum Gasteiger partial charge on any atom is 0.0972 e. The zero-order valence-corrected chi connectivity index (χ0v) is 35.7. The number of anilines is 3. The lowest BCUT2D eigenvalue weighted by Crippen LogP contribution is -2.36. The Labute approximate surface area is 381 Å². The van der Waals surface area contributed by atoms with Crippen molar-refractivity contribution in [3.05, 3.63) is 253 Å². The first-order valence-corrected chi connectivity index (χ1v) is 22.6. The number of fused-ring (bicyclic) bond motifs is 15. The van der Waals surface area contributed by atoms with Gasteiger partial charge in [0.15, 0.2) is 0 Å². The number of hydrogen-bond acceptors (Lipinski definition) is 4. The van der Waals surface area contributed by atoms with Crippen LogP contribution in [0.4, 0.5) is 17.1 Å². The fraction of sp³-hybridized carbons (Fsp3) is 0.0161. The van der Waals surface area contributed by atoms with Gasteiger partial charge in [0.25, 0.3) is 0 Å². The minimum atomic E-state index is -0.641. The molecule has 0 fully saturated rings. The van der Waals surface area contributed by atoms with Crippen LogP contribution in [0.2, 0.25) is 0 Å². The molecule has 4 nitrogen and oxygen atoms in total. The summed E-state index contributed by atoms with van der Waals surface area (Å²) in [4.78, 5) is 18.5. The Balaban J connectivity index is 1.07. The van der Waals surface area contributed by atoms with Gasteiger partial charge in [0.1, 0.15) is 0 Å².